The highest BCUT2D eigenvalue weighted by molar-refractivity contribution is 5.79. The van der Waals surface area contributed by atoms with Gasteiger partial charge in [0.1, 0.15) is 0 Å². The summed E-state index contributed by atoms with van der Waals surface area (Å²) in [5.41, 5.74) is 0.877. The predicted octanol–water partition coefficient (Wildman–Crippen LogP) is 1.53. The van der Waals surface area contributed by atoms with Gasteiger partial charge >= 0.3 is 5.97 Å². The van der Waals surface area contributed by atoms with E-state index in [-0.39, 0.29) is 24.5 Å². The number of rotatable bonds is 3. The van der Waals surface area contributed by atoms with Crippen LogP contribution in [0.3, 0.4) is 0 Å². The van der Waals surface area contributed by atoms with Gasteiger partial charge in [-0.3, -0.25) is 9.59 Å². The Kier molecular flexibility index (Phi) is 3.92. The Labute approximate surface area is 128 Å². The van der Waals surface area contributed by atoms with E-state index in [0.29, 0.717) is 37.4 Å². The van der Waals surface area contributed by atoms with Crippen molar-refractivity contribution in [2.75, 3.05) is 19.9 Å². The maximum absolute atomic E-state index is 12.4. The molecule has 0 radical (unpaired) electrons. The molecule has 22 heavy (non-hydrogen) atoms. The number of likely N-dealkylation sites (tertiary alicyclic amines) is 1. The number of aliphatic carboxylic acids is 1. The molecule has 1 aromatic rings. The van der Waals surface area contributed by atoms with E-state index < -0.39 is 5.97 Å². The third-order valence-corrected chi connectivity index (χ3v) is 4.37. The quantitative estimate of drug-likeness (QED) is 0.916. The summed E-state index contributed by atoms with van der Waals surface area (Å²) in [6.45, 7) is 3.11. The minimum absolute atomic E-state index is 0.0213. The number of nitrogens with zero attached hydrogens (tertiary/aromatic N) is 1. The highest BCUT2D eigenvalue weighted by atomic mass is 16.7. The summed E-state index contributed by atoms with van der Waals surface area (Å²) in [5.74, 6) is 0.252. The molecule has 1 amide bonds. The molecule has 2 atom stereocenters. The van der Waals surface area contributed by atoms with Crippen molar-refractivity contribution in [3.05, 3.63) is 23.8 Å². The van der Waals surface area contributed by atoms with Gasteiger partial charge in [-0.2, -0.15) is 0 Å². The molecule has 0 aliphatic carbocycles. The zero-order valence-corrected chi connectivity index (χ0v) is 12.4. The molecule has 0 spiro atoms. The summed E-state index contributed by atoms with van der Waals surface area (Å²) < 4.78 is 10.6. The Hall–Kier alpha value is -2.24. The highest BCUT2D eigenvalue weighted by Gasteiger charge is 2.32. The second-order valence-electron chi connectivity index (χ2n) is 5.91. The topological polar surface area (TPSA) is 76.1 Å². The number of carbonyl (C=O) groups excluding carboxylic acids is 1. The fraction of sp³-hybridized carbons (Fsp3) is 0.500. The van der Waals surface area contributed by atoms with E-state index in [0.717, 1.165) is 5.56 Å². The minimum atomic E-state index is -0.768. The van der Waals surface area contributed by atoms with Crippen LogP contribution in [0.1, 0.15) is 18.9 Å². The second-order valence-corrected chi connectivity index (χ2v) is 5.91. The van der Waals surface area contributed by atoms with E-state index in [1.54, 1.807) is 4.90 Å². The molecule has 118 valence electrons. The number of carbonyl (C=O) groups is 2. The van der Waals surface area contributed by atoms with Gasteiger partial charge in [-0.15, -0.1) is 0 Å². The zero-order chi connectivity index (χ0) is 15.7. The lowest BCUT2D eigenvalue weighted by Crippen LogP contribution is -2.45. The number of piperidine rings is 1. The molecule has 0 aromatic heterocycles. The van der Waals surface area contributed by atoms with Crippen molar-refractivity contribution in [3.8, 4) is 11.5 Å². The molecule has 6 heteroatoms. The monoisotopic (exact) mass is 305 g/mol. The van der Waals surface area contributed by atoms with Crippen LogP contribution in [0.5, 0.6) is 11.5 Å². The third kappa shape index (κ3) is 2.86. The fourth-order valence-electron chi connectivity index (χ4n) is 3.08. The summed E-state index contributed by atoms with van der Waals surface area (Å²) in [6.07, 6.45) is 0.810. The SMILES string of the molecule is CC1CN(C(=O)Cc2ccc3c(c2)OCO3)CCC1C(=O)O. The molecule has 1 aromatic carbocycles. The van der Waals surface area contributed by atoms with Gasteiger partial charge < -0.3 is 19.5 Å². The van der Waals surface area contributed by atoms with E-state index in [2.05, 4.69) is 0 Å². The summed E-state index contributed by atoms with van der Waals surface area (Å²) in [5, 5.41) is 9.13. The van der Waals surface area contributed by atoms with Gasteiger partial charge in [0.2, 0.25) is 12.7 Å². The molecule has 1 fully saturated rings. The van der Waals surface area contributed by atoms with Gasteiger partial charge in [0.05, 0.1) is 12.3 Å². The Morgan fingerprint density at radius 2 is 2.09 bits per heavy atom. The van der Waals surface area contributed by atoms with Crippen molar-refractivity contribution in [3.63, 3.8) is 0 Å². The normalized spacial score (nSPS) is 23.4. The van der Waals surface area contributed by atoms with Gasteiger partial charge in [-0.1, -0.05) is 13.0 Å². The molecule has 0 bridgehead atoms. The molecular weight excluding hydrogens is 286 g/mol. The number of fused-ring (bicyclic) bond motifs is 1. The van der Waals surface area contributed by atoms with Crippen molar-refractivity contribution < 1.29 is 24.2 Å². The molecule has 0 saturated carbocycles. The number of ether oxygens (including phenoxy) is 2. The van der Waals surface area contributed by atoms with E-state index in [4.69, 9.17) is 14.6 Å². The van der Waals surface area contributed by atoms with Crippen molar-refractivity contribution in [1.82, 2.24) is 4.90 Å². The number of hydrogen-bond acceptors (Lipinski definition) is 4. The number of carboxylic acid groups (broad SMARTS) is 1. The van der Waals surface area contributed by atoms with Crippen molar-refractivity contribution >= 4 is 11.9 Å². The Morgan fingerprint density at radius 3 is 2.82 bits per heavy atom. The number of amides is 1. The van der Waals surface area contributed by atoms with E-state index in [9.17, 15) is 9.59 Å². The first kappa shape index (κ1) is 14.7. The van der Waals surface area contributed by atoms with Gasteiger partial charge in [0, 0.05) is 13.1 Å². The molecule has 2 unspecified atom stereocenters. The number of hydrogen-bond donors (Lipinski definition) is 1. The van der Waals surface area contributed by atoms with Gasteiger partial charge in [0.15, 0.2) is 11.5 Å². The van der Waals surface area contributed by atoms with E-state index >= 15 is 0 Å². The molecular formula is C16H19NO5. The van der Waals surface area contributed by atoms with Crippen molar-refractivity contribution in [1.29, 1.82) is 0 Å². The first-order valence-electron chi connectivity index (χ1n) is 7.43. The largest absolute Gasteiger partial charge is 0.481 e. The van der Waals surface area contributed by atoms with Crippen molar-refractivity contribution in [2.24, 2.45) is 11.8 Å². The van der Waals surface area contributed by atoms with Crippen LogP contribution in [0.4, 0.5) is 0 Å². The molecule has 2 aliphatic heterocycles. The predicted molar refractivity (Wildman–Crippen MR) is 77.8 cm³/mol. The second kappa shape index (κ2) is 5.87. The van der Waals surface area contributed by atoms with Crippen molar-refractivity contribution in [2.45, 2.75) is 19.8 Å². The summed E-state index contributed by atoms with van der Waals surface area (Å²) in [4.78, 5) is 25.3. The molecule has 1 saturated heterocycles. The zero-order valence-electron chi connectivity index (χ0n) is 12.4. The fourth-order valence-corrected chi connectivity index (χ4v) is 3.08. The van der Waals surface area contributed by atoms with Crippen LogP contribution in [0.25, 0.3) is 0 Å². The van der Waals surface area contributed by atoms with Gasteiger partial charge in [0.25, 0.3) is 0 Å². The maximum Gasteiger partial charge on any atom is 0.306 e. The summed E-state index contributed by atoms with van der Waals surface area (Å²) >= 11 is 0. The summed E-state index contributed by atoms with van der Waals surface area (Å²) in [6, 6.07) is 5.50. The van der Waals surface area contributed by atoms with Crippen LogP contribution in [-0.4, -0.2) is 41.8 Å². The maximum atomic E-state index is 12.4. The van der Waals surface area contributed by atoms with Gasteiger partial charge in [-0.05, 0) is 30.0 Å². The Morgan fingerprint density at radius 1 is 1.32 bits per heavy atom. The minimum Gasteiger partial charge on any atom is -0.481 e. The smallest absolute Gasteiger partial charge is 0.306 e. The molecule has 2 aliphatic rings. The standard InChI is InChI=1S/C16H19NO5/c1-10-8-17(5-4-12(10)16(19)20)15(18)7-11-2-3-13-14(6-11)22-9-21-13/h2-3,6,10,12H,4-5,7-9H2,1H3,(H,19,20). The van der Waals surface area contributed by atoms with E-state index in [1.165, 1.54) is 0 Å². The summed E-state index contributed by atoms with van der Waals surface area (Å²) in [7, 11) is 0. The molecule has 3 rings (SSSR count). The lowest BCUT2D eigenvalue weighted by atomic mass is 9.87. The van der Waals surface area contributed by atoms with Crippen LogP contribution < -0.4 is 9.47 Å². The van der Waals surface area contributed by atoms with Crippen LogP contribution in [0.2, 0.25) is 0 Å². The van der Waals surface area contributed by atoms with Crippen LogP contribution in [0, 0.1) is 11.8 Å². The highest BCUT2D eigenvalue weighted by Crippen LogP contribution is 2.33. The van der Waals surface area contributed by atoms with Crippen LogP contribution >= 0.6 is 0 Å². The average molecular weight is 305 g/mol. The first-order chi connectivity index (χ1) is 10.5. The van der Waals surface area contributed by atoms with Gasteiger partial charge in [-0.25, -0.2) is 0 Å². The number of carboxylic acids is 1. The van der Waals surface area contributed by atoms with Crippen LogP contribution in [0.15, 0.2) is 18.2 Å². The van der Waals surface area contributed by atoms with E-state index in [1.807, 2.05) is 25.1 Å². The Balaban J connectivity index is 1.62. The first-order valence-corrected chi connectivity index (χ1v) is 7.43. The Bertz CT molecular complexity index is 600. The molecule has 6 nitrogen and oxygen atoms in total. The number of benzene rings is 1. The molecule has 2 heterocycles. The molecule has 1 N–H and O–H groups in total. The van der Waals surface area contributed by atoms with Crippen LogP contribution in [-0.2, 0) is 16.0 Å². The lowest BCUT2D eigenvalue weighted by Gasteiger charge is -2.35. The lowest BCUT2D eigenvalue weighted by molar-refractivity contribution is -0.148. The average Bonchev–Trinajstić information content (AvgIpc) is 2.94. The third-order valence-electron chi connectivity index (χ3n) is 4.37.